The molecule has 8 nitrogen and oxygen atoms in total. The zero-order chi connectivity index (χ0) is 21.7. The molecule has 4 heterocycles. The van der Waals surface area contributed by atoms with E-state index in [1.807, 2.05) is 16.8 Å². The summed E-state index contributed by atoms with van der Waals surface area (Å²) in [4.78, 5) is 4.27. The Hall–Kier alpha value is -3.23. The molecule has 4 aromatic rings. The maximum atomic E-state index is 9.73. The first-order valence-corrected chi connectivity index (χ1v) is 11.2. The van der Waals surface area contributed by atoms with Crippen molar-refractivity contribution in [3.8, 4) is 22.5 Å². The van der Waals surface area contributed by atoms with E-state index in [2.05, 4.69) is 50.2 Å². The van der Waals surface area contributed by atoms with Crippen molar-refractivity contribution >= 4 is 11.3 Å². The Morgan fingerprint density at radius 2 is 1.88 bits per heavy atom. The number of aromatic nitrogens is 5. The van der Waals surface area contributed by atoms with Crippen molar-refractivity contribution in [3.63, 3.8) is 0 Å². The third kappa shape index (κ3) is 3.18. The summed E-state index contributed by atoms with van der Waals surface area (Å²) in [6.07, 6.45) is 6.69. The second-order valence-corrected chi connectivity index (χ2v) is 8.80. The lowest BCUT2D eigenvalue weighted by Gasteiger charge is -2.31. The Morgan fingerprint density at radius 3 is 2.69 bits per heavy atom. The van der Waals surface area contributed by atoms with Crippen LogP contribution < -0.4 is 5.73 Å². The summed E-state index contributed by atoms with van der Waals surface area (Å²) in [7, 11) is 0. The number of ether oxygens (including phenoxy) is 1. The van der Waals surface area contributed by atoms with Crippen LogP contribution in [0.25, 0.3) is 28.0 Å². The van der Waals surface area contributed by atoms with Gasteiger partial charge in [-0.15, -0.1) is 0 Å². The highest BCUT2D eigenvalue weighted by Gasteiger charge is 2.29. The lowest BCUT2D eigenvalue weighted by atomic mass is 9.77. The van der Waals surface area contributed by atoms with E-state index in [1.165, 1.54) is 11.9 Å². The molecule has 0 spiro atoms. The number of nitrogen functional groups attached to an aromatic ring is 1. The average Bonchev–Trinajstić information content (AvgIpc) is 3.43. The maximum absolute atomic E-state index is 9.73. The molecule has 1 saturated carbocycles. The van der Waals surface area contributed by atoms with Crippen LogP contribution in [0.3, 0.4) is 0 Å². The summed E-state index contributed by atoms with van der Waals surface area (Å²) in [5.41, 5.74) is 12.4. The fourth-order valence-electron chi connectivity index (χ4n) is 5.03. The van der Waals surface area contributed by atoms with Gasteiger partial charge in [0.2, 0.25) is 0 Å². The zero-order valence-electron chi connectivity index (χ0n) is 17.8. The molecule has 164 valence electrons. The number of hydrogen-bond donors (Lipinski definition) is 2. The minimum atomic E-state index is -0.178. The fourth-order valence-corrected chi connectivity index (χ4v) is 5.03. The molecule has 1 saturated heterocycles. The van der Waals surface area contributed by atoms with Gasteiger partial charge >= 0.3 is 0 Å². The number of hydrogen-bond acceptors (Lipinski definition) is 6. The molecule has 2 fully saturated rings. The van der Waals surface area contributed by atoms with Crippen molar-refractivity contribution in [1.29, 1.82) is 0 Å². The van der Waals surface area contributed by atoms with Gasteiger partial charge in [0.1, 0.15) is 11.8 Å². The van der Waals surface area contributed by atoms with Crippen LogP contribution in [0.2, 0.25) is 0 Å². The van der Waals surface area contributed by atoms with E-state index in [-0.39, 0.29) is 6.10 Å². The van der Waals surface area contributed by atoms with E-state index in [9.17, 15) is 5.11 Å². The number of rotatable bonds is 4. The van der Waals surface area contributed by atoms with E-state index >= 15 is 0 Å². The van der Waals surface area contributed by atoms with Crippen LogP contribution in [-0.2, 0) is 4.74 Å². The van der Waals surface area contributed by atoms with Crippen LogP contribution in [0, 0.1) is 0 Å². The fraction of sp³-hybridized carbons (Fsp3) is 0.375. The van der Waals surface area contributed by atoms with Crippen molar-refractivity contribution in [2.45, 2.75) is 43.7 Å². The van der Waals surface area contributed by atoms with Gasteiger partial charge in [-0.2, -0.15) is 10.2 Å². The number of benzene rings is 1. The molecule has 1 aromatic carbocycles. The Bertz CT molecular complexity index is 1270. The molecule has 6 rings (SSSR count). The van der Waals surface area contributed by atoms with Crippen molar-refractivity contribution in [2.24, 2.45) is 0 Å². The molecule has 0 bridgehead atoms. The van der Waals surface area contributed by atoms with Gasteiger partial charge in [-0.25, -0.2) is 9.50 Å². The number of aliphatic hydroxyl groups excluding tert-OH is 1. The minimum absolute atomic E-state index is 0.178. The van der Waals surface area contributed by atoms with Crippen LogP contribution >= 0.6 is 0 Å². The van der Waals surface area contributed by atoms with Gasteiger partial charge in [0.05, 0.1) is 23.5 Å². The third-order valence-corrected chi connectivity index (χ3v) is 6.83. The number of anilines is 1. The van der Waals surface area contributed by atoms with Gasteiger partial charge < -0.3 is 15.6 Å². The van der Waals surface area contributed by atoms with Gasteiger partial charge in [0, 0.05) is 30.5 Å². The monoisotopic (exact) mass is 430 g/mol. The second-order valence-electron chi connectivity index (χ2n) is 8.80. The topological polar surface area (TPSA) is 103 Å². The lowest BCUT2D eigenvalue weighted by molar-refractivity contribution is 0.0667. The summed E-state index contributed by atoms with van der Waals surface area (Å²) in [5.74, 6) is 0.851. The number of nitrogens with zero attached hydrogens (tertiary/aromatic N) is 5. The SMILES string of the molecule is Nc1ncnn2c(-c3cccc([C@H]4C[C@H](O)C4)c3)cc(-c3ccnn3C3CCOCC3)c12. The first-order valence-electron chi connectivity index (χ1n) is 11.2. The number of aliphatic hydroxyl groups is 1. The summed E-state index contributed by atoms with van der Waals surface area (Å²) in [5, 5.41) is 18.9. The van der Waals surface area contributed by atoms with Crippen molar-refractivity contribution in [1.82, 2.24) is 24.4 Å². The number of nitrogens with two attached hydrogens (primary N) is 1. The first kappa shape index (κ1) is 19.5. The Kier molecular flexibility index (Phi) is 4.69. The van der Waals surface area contributed by atoms with Crippen LogP contribution in [0.4, 0.5) is 5.82 Å². The van der Waals surface area contributed by atoms with Crippen molar-refractivity contribution < 1.29 is 9.84 Å². The molecule has 0 unspecified atom stereocenters. The summed E-state index contributed by atoms with van der Waals surface area (Å²) in [6.45, 7) is 1.50. The average molecular weight is 431 g/mol. The zero-order valence-corrected chi connectivity index (χ0v) is 17.8. The van der Waals surface area contributed by atoms with E-state index in [1.54, 1.807) is 0 Å². The van der Waals surface area contributed by atoms with Gasteiger partial charge in [0.15, 0.2) is 5.82 Å². The van der Waals surface area contributed by atoms with Gasteiger partial charge in [-0.05, 0) is 55.4 Å². The highest BCUT2D eigenvalue weighted by molar-refractivity contribution is 5.90. The van der Waals surface area contributed by atoms with Crippen molar-refractivity contribution in [2.75, 3.05) is 18.9 Å². The largest absolute Gasteiger partial charge is 0.393 e. The van der Waals surface area contributed by atoms with Crippen LogP contribution in [0.1, 0.15) is 43.2 Å². The molecule has 2 aliphatic rings. The molecule has 0 atom stereocenters. The van der Waals surface area contributed by atoms with E-state index in [0.717, 1.165) is 66.9 Å². The van der Waals surface area contributed by atoms with Gasteiger partial charge in [-0.1, -0.05) is 18.2 Å². The van der Waals surface area contributed by atoms with Crippen LogP contribution in [0.15, 0.2) is 48.9 Å². The molecule has 32 heavy (non-hydrogen) atoms. The molecular formula is C24H26N6O2. The third-order valence-electron chi connectivity index (χ3n) is 6.83. The Labute approximate surface area is 185 Å². The highest BCUT2D eigenvalue weighted by Crippen LogP contribution is 2.40. The smallest absolute Gasteiger partial charge is 0.152 e. The molecule has 3 aromatic heterocycles. The molecular weight excluding hydrogens is 404 g/mol. The molecule has 3 N–H and O–H groups in total. The summed E-state index contributed by atoms with van der Waals surface area (Å²) < 4.78 is 9.52. The molecule has 0 radical (unpaired) electrons. The quantitative estimate of drug-likeness (QED) is 0.514. The molecule has 1 aliphatic heterocycles. The molecule has 0 amide bonds. The highest BCUT2D eigenvalue weighted by atomic mass is 16.5. The Balaban J connectivity index is 1.48. The summed E-state index contributed by atoms with van der Waals surface area (Å²) in [6, 6.07) is 13.0. The molecule has 1 aliphatic carbocycles. The van der Waals surface area contributed by atoms with Gasteiger partial charge in [0.25, 0.3) is 0 Å². The predicted molar refractivity (Wildman–Crippen MR) is 121 cm³/mol. The predicted octanol–water partition coefficient (Wildman–Crippen LogP) is 3.43. The van der Waals surface area contributed by atoms with E-state index in [0.29, 0.717) is 17.8 Å². The van der Waals surface area contributed by atoms with Crippen LogP contribution in [-0.4, -0.2) is 48.8 Å². The number of fused-ring (bicyclic) bond motifs is 1. The van der Waals surface area contributed by atoms with E-state index < -0.39 is 0 Å². The summed E-state index contributed by atoms with van der Waals surface area (Å²) >= 11 is 0. The van der Waals surface area contributed by atoms with Crippen molar-refractivity contribution in [3.05, 3.63) is 54.5 Å². The maximum Gasteiger partial charge on any atom is 0.152 e. The standard InChI is InChI=1S/C24H26N6O2/c25-24-23-20(21-4-7-27-29(21)18-5-8-32-9-6-18)13-22(30(23)28-14-26-24)16-3-1-2-15(10-16)17-11-19(31)12-17/h1-4,7,10,13-14,17-19,31H,5-6,8-9,11-12H2,(H2,25,26,28)/t17-,19-. The second kappa shape index (κ2) is 7.72. The van der Waals surface area contributed by atoms with Crippen LogP contribution in [0.5, 0.6) is 0 Å². The lowest BCUT2D eigenvalue weighted by Crippen LogP contribution is -2.26. The first-order chi connectivity index (χ1) is 15.7. The Morgan fingerprint density at radius 1 is 1.03 bits per heavy atom. The van der Waals surface area contributed by atoms with Gasteiger partial charge in [-0.3, -0.25) is 4.68 Å². The molecule has 8 heteroatoms. The normalized spacial score (nSPS) is 21.7. The minimum Gasteiger partial charge on any atom is -0.393 e. The van der Waals surface area contributed by atoms with E-state index in [4.69, 9.17) is 10.5 Å².